The Labute approximate surface area is 126 Å². The van der Waals surface area contributed by atoms with E-state index in [1.807, 2.05) is 12.3 Å². The Hall–Kier alpha value is -0.880. The first-order valence-electron chi connectivity index (χ1n) is 7.93. The number of rotatable bonds is 5. The van der Waals surface area contributed by atoms with E-state index < -0.39 is 9.84 Å². The van der Waals surface area contributed by atoms with E-state index >= 15 is 0 Å². The Balaban J connectivity index is 1.64. The maximum Gasteiger partial charge on any atom is 0.150 e. The molecule has 1 saturated heterocycles. The summed E-state index contributed by atoms with van der Waals surface area (Å²) in [6.07, 6.45) is 8.34. The molecule has 0 aromatic carbocycles. The lowest BCUT2D eigenvalue weighted by molar-refractivity contribution is 0.182. The van der Waals surface area contributed by atoms with Crippen LogP contribution in [-0.4, -0.2) is 41.4 Å². The van der Waals surface area contributed by atoms with Crippen LogP contribution >= 0.6 is 0 Å². The van der Waals surface area contributed by atoms with Crippen LogP contribution < -0.4 is 0 Å². The predicted octanol–water partition coefficient (Wildman–Crippen LogP) is 1.58. The molecule has 0 amide bonds. The summed E-state index contributed by atoms with van der Waals surface area (Å²) in [5.41, 5.74) is 0.977. The molecule has 1 aromatic heterocycles. The van der Waals surface area contributed by atoms with Crippen molar-refractivity contribution in [2.24, 2.45) is 11.8 Å². The van der Waals surface area contributed by atoms with Crippen LogP contribution in [0.5, 0.6) is 0 Å². The van der Waals surface area contributed by atoms with E-state index in [1.54, 1.807) is 0 Å². The predicted molar refractivity (Wildman–Crippen MR) is 80.8 cm³/mol. The molecule has 1 aliphatic heterocycles. The monoisotopic (exact) mass is 312 g/mol. The van der Waals surface area contributed by atoms with E-state index in [-0.39, 0.29) is 29.9 Å². The summed E-state index contributed by atoms with van der Waals surface area (Å²) in [4.78, 5) is 0. The third-order valence-electron chi connectivity index (χ3n) is 5.00. The summed E-state index contributed by atoms with van der Waals surface area (Å²) >= 11 is 0. The minimum atomic E-state index is -2.89. The second-order valence-electron chi connectivity index (χ2n) is 6.54. The van der Waals surface area contributed by atoms with Crippen LogP contribution in [0.25, 0.3) is 0 Å². The number of hydrogen-bond donors (Lipinski definition) is 1. The van der Waals surface area contributed by atoms with Gasteiger partial charge in [-0.2, -0.15) is 5.10 Å². The molecular weight excluding hydrogens is 288 g/mol. The highest BCUT2D eigenvalue weighted by atomic mass is 32.2. The molecule has 1 aliphatic carbocycles. The molecule has 2 heterocycles. The van der Waals surface area contributed by atoms with Crippen molar-refractivity contribution < 1.29 is 13.5 Å². The van der Waals surface area contributed by atoms with Crippen molar-refractivity contribution in [3.63, 3.8) is 0 Å². The summed E-state index contributed by atoms with van der Waals surface area (Å²) in [6, 6.07) is 2.54. The van der Waals surface area contributed by atoms with E-state index in [4.69, 9.17) is 0 Å². The lowest BCUT2D eigenvalue weighted by Gasteiger charge is -2.19. The second-order valence-corrected chi connectivity index (χ2v) is 8.76. The molecule has 2 aliphatic rings. The molecule has 3 rings (SSSR count). The Morgan fingerprint density at radius 3 is 2.71 bits per heavy atom. The molecule has 118 valence electrons. The molecule has 2 unspecified atom stereocenters. The summed E-state index contributed by atoms with van der Waals surface area (Å²) < 4.78 is 25.2. The van der Waals surface area contributed by atoms with Gasteiger partial charge in [0.15, 0.2) is 9.84 Å². The van der Waals surface area contributed by atoms with Crippen LogP contribution in [-0.2, 0) is 16.3 Å². The molecule has 0 spiro atoms. The summed E-state index contributed by atoms with van der Waals surface area (Å²) in [7, 11) is -2.89. The number of aliphatic hydroxyl groups is 1. The standard InChI is InChI=1S/C15H24N2O3S/c18-10-13(12-6-8-21(19,20)11-12)9-14-5-7-17(16-14)15-3-1-2-4-15/h5,7,12-13,15,18H,1-4,6,8-11H2. The summed E-state index contributed by atoms with van der Waals surface area (Å²) in [5, 5.41) is 14.3. The van der Waals surface area contributed by atoms with Gasteiger partial charge in [-0.1, -0.05) is 12.8 Å². The molecule has 2 fully saturated rings. The first-order valence-corrected chi connectivity index (χ1v) is 9.75. The van der Waals surface area contributed by atoms with E-state index in [9.17, 15) is 13.5 Å². The number of sulfone groups is 1. The lowest BCUT2D eigenvalue weighted by Crippen LogP contribution is -2.22. The van der Waals surface area contributed by atoms with Gasteiger partial charge >= 0.3 is 0 Å². The molecule has 5 nitrogen and oxygen atoms in total. The summed E-state index contributed by atoms with van der Waals surface area (Å²) in [5.74, 6) is 0.581. The first-order chi connectivity index (χ1) is 10.1. The van der Waals surface area contributed by atoms with Crippen LogP contribution in [0.4, 0.5) is 0 Å². The van der Waals surface area contributed by atoms with Crippen LogP contribution in [0.2, 0.25) is 0 Å². The number of nitrogens with zero attached hydrogens (tertiary/aromatic N) is 2. The quantitative estimate of drug-likeness (QED) is 0.896. The van der Waals surface area contributed by atoms with Gasteiger partial charge in [-0.15, -0.1) is 0 Å². The van der Waals surface area contributed by atoms with Gasteiger partial charge in [0.25, 0.3) is 0 Å². The van der Waals surface area contributed by atoms with E-state index in [0.717, 1.165) is 5.69 Å². The van der Waals surface area contributed by atoms with Crippen LogP contribution in [0.1, 0.15) is 43.8 Å². The maximum absolute atomic E-state index is 11.6. The Morgan fingerprint density at radius 1 is 1.33 bits per heavy atom. The van der Waals surface area contributed by atoms with Crippen molar-refractivity contribution in [1.29, 1.82) is 0 Å². The van der Waals surface area contributed by atoms with Crippen molar-refractivity contribution in [3.05, 3.63) is 18.0 Å². The molecule has 1 N–H and O–H groups in total. The molecule has 0 radical (unpaired) electrons. The number of aliphatic hydroxyl groups excluding tert-OH is 1. The zero-order valence-electron chi connectivity index (χ0n) is 12.3. The van der Waals surface area contributed by atoms with E-state index in [1.165, 1.54) is 25.7 Å². The third kappa shape index (κ3) is 3.48. The highest BCUT2D eigenvalue weighted by Gasteiger charge is 2.33. The highest BCUT2D eigenvalue weighted by molar-refractivity contribution is 7.91. The zero-order valence-corrected chi connectivity index (χ0v) is 13.1. The minimum Gasteiger partial charge on any atom is -0.396 e. The number of aromatic nitrogens is 2. The van der Waals surface area contributed by atoms with Gasteiger partial charge in [0.05, 0.1) is 23.2 Å². The molecule has 1 aromatic rings. The fourth-order valence-corrected chi connectivity index (χ4v) is 5.62. The van der Waals surface area contributed by atoms with Gasteiger partial charge in [0.2, 0.25) is 0 Å². The Bertz CT molecular complexity index is 575. The molecule has 6 heteroatoms. The first kappa shape index (κ1) is 15.0. The zero-order chi connectivity index (χ0) is 14.9. The Kier molecular flexibility index (Phi) is 4.36. The lowest BCUT2D eigenvalue weighted by atomic mass is 9.89. The van der Waals surface area contributed by atoms with Crippen molar-refractivity contribution in [1.82, 2.24) is 9.78 Å². The molecule has 0 bridgehead atoms. The SMILES string of the molecule is O=S1(=O)CCC(C(CO)Cc2ccn(C3CCCC3)n2)C1. The molecule has 1 saturated carbocycles. The second kappa shape index (κ2) is 6.08. The van der Waals surface area contributed by atoms with Crippen LogP contribution in [0.3, 0.4) is 0 Å². The third-order valence-corrected chi connectivity index (χ3v) is 6.80. The molecule has 21 heavy (non-hydrogen) atoms. The topological polar surface area (TPSA) is 72.2 Å². The smallest absolute Gasteiger partial charge is 0.150 e. The van der Waals surface area contributed by atoms with Gasteiger partial charge in [-0.05, 0) is 43.6 Å². The van der Waals surface area contributed by atoms with E-state index in [0.29, 0.717) is 18.9 Å². The average Bonchev–Trinajstić information content (AvgIpc) is 3.15. The minimum absolute atomic E-state index is 0.00852. The Morgan fingerprint density at radius 2 is 2.10 bits per heavy atom. The average molecular weight is 312 g/mol. The number of hydrogen-bond acceptors (Lipinski definition) is 4. The maximum atomic E-state index is 11.6. The molecular formula is C15H24N2O3S. The van der Waals surface area contributed by atoms with Crippen molar-refractivity contribution in [3.8, 4) is 0 Å². The van der Waals surface area contributed by atoms with Crippen LogP contribution in [0.15, 0.2) is 12.3 Å². The summed E-state index contributed by atoms with van der Waals surface area (Å²) in [6.45, 7) is 0.0382. The van der Waals surface area contributed by atoms with Gasteiger partial charge in [-0.25, -0.2) is 8.42 Å². The normalized spacial score (nSPS) is 27.2. The largest absolute Gasteiger partial charge is 0.396 e. The van der Waals surface area contributed by atoms with Crippen LogP contribution in [0, 0.1) is 11.8 Å². The highest BCUT2D eigenvalue weighted by Crippen LogP contribution is 2.30. The van der Waals surface area contributed by atoms with Gasteiger partial charge in [0, 0.05) is 12.8 Å². The fraction of sp³-hybridized carbons (Fsp3) is 0.800. The fourth-order valence-electron chi connectivity index (χ4n) is 3.70. The van der Waals surface area contributed by atoms with Crippen molar-refractivity contribution >= 4 is 9.84 Å². The van der Waals surface area contributed by atoms with Gasteiger partial charge in [0.1, 0.15) is 0 Å². The van der Waals surface area contributed by atoms with Gasteiger partial charge in [-0.3, -0.25) is 4.68 Å². The van der Waals surface area contributed by atoms with Crippen molar-refractivity contribution in [2.75, 3.05) is 18.1 Å². The van der Waals surface area contributed by atoms with Crippen molar-refractivity contribution in [2.45, 2.75) is 44.6 Å². The van der Waals surface area contributed by atoms with E-state index in [2.05, 4.69) is 9.78 Å². The van der Waals surface area contributed by atoms with Gasteiger partial charge < -0.3 is 5.11 Å². The molecule has 2 atom stereocenters.